The summed E-state index contributed by atoms with van der Waals surface area (Å²) in [7, 11) is 0. The Kier molecular flexibility index (Phi) is 5.77. The number of anilines is 1. The molecule has 0 spiro atoms. The van der Waals surface area contributed by atoms with Gasteiger partial charge in [-0.1, -0.05) is 30.3 Å². The van der Waals surface area contributed by atoms with E-state index in [-0.39, 0.29) is 24.2 Å². The van der Waals surface area contributed by atoms with Crippen molar-refractivity contribution in [2.45, 2.75) is 19.4 Å². The number of aromatic nitrogens is 1. The van der Waals surface area contributed by atoms with Crippen LogP contribution in [0.4, 0.5) is 5.13 Å². The number of hydrogen-bond acceptors (Lipinski definition) is 6. The summed E-state index contributed by atoms with van der Waals surface area (Å²) in [6, 6.07) is 15.5. The van der Waals surface area contributed by atoms with Crippen molar-refractivity contribution in [1.29, 1.82) is 0 Å². The number of rotatable bonds is 5. The molecule has 8 heteroatoms. The number of ether oxygens (including phenoxy) is 2. The minimum atomic E-state index is -0.378. The number of benzene rings is 2. The zero-order valence-electron chi connectivity index (χ0n) is 17.5. The summed E-state index contributed by atoms with van der Waals surface area (Å²) in [6.45, 7) is 2.21. The molecule has 1 fully saturated rings. The first-order valence-electron chi connectivity index (χ1n) is 10.6. The molecular weight excluding hydrogens is 426 g/mol. The first-order valence-corrected chi connectivity index (χ1v) is 11.5. The molecule has 7 nitrogen and oxygen atoms in total. The molecule has 164 valence electrons. The Morgan fingerprint density at radius 2 is 1.94 bits per heavy atom. The molecule has 2 aromatic carbocycles. The van der Waals surface area contributed by atoms with E-state index in [1.165, 1.54) is 11.3 Å². The summed E-state index contributed by atoms with van der Waals surface area (Å²) in [5.74, 6) is 0.897. The Morgan fingerprint density at radius 1 is 1.12 bits per heavy atom. The number of amides is 2. The van der Waals surface area contributed by atoms with Crippen molar-refractivity contribution in [3.63, 3.8) is 0 Å². The molecule has 0 bridgehead atoms. The molecule has 2 amide bonds. The SMILES string of the molecule is O=C(Nc1nc(-c2ccc3c(c2)OCCCO3)cs1)C1CC(=O)N(Cc2ccccc2)C1. The minimum absolute atomic E-state index is 0.000951. The molecule has 1 aromatic heterocycles. The molecule has 3 heterocycles. The van der Waals surface area contributed by atoms with Crippen LogP contribution < -0.4 is 14.8 Å². The number of nitrogens with zero attached hydrogens (tertiary/aromatic N) is 2. The Labute approximate surface area is 190 Å². The zero-order chi connectivity index (χ0) is 21.9. The number of carbonyl (C=O) groups is 2. The van der Waals surface area contributed by atoms with E-state index in [1.54, 1.807) is 4.90 Å². The Bertz CT molecular complexity index is 1130. The third kappa shape index (κ3) is 4.45. The number of likely N-dealkylation sites (tertiary alicyclic amines) is 1. The predicted molar refractivity (Wildman–Crippen MR) is 122 cm³/mol. The maximum atomic E-state index is 12.8. The van der Waals surface area contributed by atoms with Crippen molar-refractivity contribution < 1.29 is 19.1 Å². The summed E-state index contributed by atoms with van der Waals surface area (Å²) in [6.07, 6.45) is 1.07. The number of thiazole rings is 1. The smallest absolute Gasteiger partial charge is 0.231 e. The van der Waals surface area contributed by atoms with Gasteiger partial charge in [0.1, 0.15) is 0 Å². The fraction of sp³-hybridized carbons (Fsp3) is 0.292. The topological polar surface area (TPSA) is 80.8 Å². The normalized spacial score (nSPS) is 17.8. The molecule has 2 aliphatic rings. The molecule has 0 aliphatic carbocycles. The monoisotopic (exact) mass is 449 g/mol. The minimum Gasteiger partial charge on any atom is -0.490 e. The first-order chi connectivity index (χ1) is 15.7. The van der Waals surface area contributed by atoms with Crippen LogP contribution in [0.3, 0.4) is 0 Å². The van der Waals surface area contributed by atoms with Crippen LogP contribution >= 0.6 is 11.3 Å². The number of hydrogen-bond donors (Lipinski definition) is 1. The maximum Gasteiger partial charge on any atom is 0.231 e. The van der Waals surface area contributed by atoms with Crippen molar-refractivity contribution in [2.24, 2.45) is 5.92 Å². The van der Waals surface area contributed by atoms with E-state index in [0.717, 1.165) is 29.0 Å². The predicted octanol–water partition coefficient (Wildman–Crippen LogP) is 3.96. The summed E-state index contributed by atoms with van der Waals surface area (Å²) < 4.78 is 11.4. The third-order valence-electron chi connectivity index (χ3n) is 5.58. The van der Waals surface area contributed by atoms with Gasteiger partial charge >= 0.3 is 0 Å². The molecule has 1 unspecified atom stereocenters. The van der Waals surface area contributed by atoms with Gasteiger partial charge in [-0.25, -0.2) is 4.98 Å². The van der Waals surface area contributed by atoms with E-state index in [9.17, 15) is 9.59 Å². The van der Waals surface area contributed by atoms with E-state index in [2.05, 4.69) is 10.3 Å². The van der Waals surface area contributed by atoms with Gasteiger partial charge in [0.25, 0.3) is 0 Å². The van der Waals surface area contributed by atoms with Crippen molar-refractivity contribution >= 4 is 28.3 Å². The molecule has 3 aromatic rings. The van der Waals surface area contributed by atoms with Crippen LogP contribution in [0.2, 0.25) is 0 Å². The average Bonchev–Trinajstić information content (AvgIpc) is 3.33. The summed E-state index contributed by atoms with van der Waals surface area (Å²) >= 11 is 1.36. The standard InChI is InChI=1S/C24H23N3O4S/c28-22-12-18(14-27(22)13-16-5-2-1-3-6-16)23(29)26-24-25-19(15-32-24)17-7-8-20-21(11-17)31-10-4-9-30-20/h1-3,5-8,11,15,18H,4,9-10,12-14H2,(H,25,26,29). The van der Waals surface area contributed by atoms with Crippen LogP contribution in [0, 0.1) is 5.92 Å². The number of nitrogens with one attached hydrogen (secondary N) is 1. The quantitative estimate of drug-likeness (QED) is 0.638. The van der Waals surface area contributed by atoms with Gasteiger partial charge in [-0.15, -0.1) is 11.3 Å². The van der Waals surface area contributed by atoms with E-state index < -0.39 is 0 Å². The van der Waals surface area contributed by atoms with Crippen LogP contribution in [0.25, 0.3) is 11.3 Å². The molecule has 1 N–H and O–H groups in total. The molecule has 1 atom stereocenters. The highest BCUT2D eigenvalue weighted by atomic mass is 32.1. The highest BCUT2D eigenvalue weighted by Crippen LogP contribution is 2.35. The maximum absolute atomic E-state index is 12.8. The molecular formula is C24H23N3O4S. The second-order valence-corrected chi connectivity index (χ2v) is 8.76. The Balaban J connectivity index is 1.22. The fourth-order valence-electron chi connectivity index (χ4n) is 3.90. The van der Waals surface area contributed by atoms with Gasteiger partial charge in [-0.05, 0) is 23.8 Å². The van der Waals surface area contributed by atoms with E-state index >= 15 is 0 Å². The Morgan fingerprint density at radius 3 is 2.78 bits per heavy atom. The molecule has 0 radical (unpaired) electrons. The molecule has 2 aliphatic heterocycles. The lowest BCUT2D eigenvalue weighted by molar-refractivity contribution is -0.128. The summed E-state index contributed by atoms with van der Waals surface area (Å²) in [4.78, 5) is 31.5. The molecule has 0 saturated carbocycles. The van der Waals surface area contributed by atoms with Crippen LogP contribution in [0.15, 0.2) is 53.9 Å². The molecule has 1 saturated heterocycles. The van der Waals surface area contributed by atoms with Crippen molar-refractivity contribution in [2.75, 3.05) is 25.1 Å². The third-order valence-corrected chi connectivity index (χ3v) is 6.34. The second kappa shape index (κ2) is 9.00. The summed E-state index contributed by atoms with van der Waals surface area (Å²) in [5.41, 5.74) is 2.71. The van der Waals surface area contributed by atoms with E-state index in [4.69, 9.17) is 9.47 Å². The first kappa shape index (κ1) is 20.5. The van der Waals surface area contributed by atoms with Gasteiger partial charge in [-0.2, -0.15) is 0 Å². The largest absolute Gasteiger partial charge is 0.490 e. The van der Waals surface area contributed by atoms with Crippen LogP contribution in [0.5, 0.6) is 11.5 Å². The zero-order valence-corrected chi connectivity index (χ0v) is 18.3. The van der Waals surface area contributed by atoms with Crippen molar-refractivity contribution in [3.05, 3.63) is 59.5 Å². The van der Waals surface area contributed by atoms with Gasteiger partial charge in [-0.3, -0.25) is 9.59 Å². The van der Waals surface area contributed by atoms with Crippen LogP contribution in [-0.4, -0.2) is 41.5 Å². The lowest BCUT2D eigenvalue weighted by Gasteiger charge is -2.16. The lowest BCUT2D eigenvalue weighted by Crippen LogP contribution is -2.28. The number of carbonyl (C=O) groups excluding carboxylic acids is 2. The van der Waals surface area contributed by atoms with Gasteiger partial charge in [0.15, 0.2) is 16.6 Å². The molecule has 5 rings (SSSR count). The second-order valence-electron chi connectivity index (χ2n) is 7.90. The molecule has 32 heavy (non-hydrogen) atoms. The van der Waals surface area contributed by atoms with Crippen molar-refractivity contribution in [3.8, 4) is 22.8 Å². The van der Waals surface area contributed by atoms with Gasteiger partial charge in [0.05, 0.1) is 24.8 Å². The van der Waals surface area contributed by atoms with Gasteiger partial charge in [0, 0.05) is 36.9 Å². The van der Waals surface area contributed by atoms with Crippen LogP contribution in [0.1, 0.15) is 18.4 Å². The lowest BCUT2D eigenvalue weighted by atomic mass is 10.1. The van der Waals surface area contributed by atoms with E-state index in [0.29, 0.717) is 37.2 Å². The van der Waals surface area contributed by atoms with Crippen LogP contribution in [-0.2, 0) is 16.1 Å². The van der Waals surface area contributed by atoms with Crippen molar-refractivity contribution in [1.82, 2.24) is 9.88 Å². The fourth-order valence-corrected chi connectivity index (χ4v) is 4.62. The Hall–Kier alpha value is -3.39. The van der Waals surface area contributed by atoms with Gasteiger partial charge in [0.2, 0.25) is 11.8 Å². The number of fused-ring (bicyclic) bond motifs is 1. The van der Waals surface area contributed by atoms with E-state index in [1.807, 2.05) is 53.9 Å². The summed E-state index contributed by atoms with van der Waals surface area (Å²) in [5, 5.41) is 5.30. The highest BCUT2D eigenvalue weighted by molar-refractivity contribution is 7.14. The highest BCUT2D eigenvalue weighted by Gasteiger charge is 2.34. The average molecular weight is 450 g/mol. The van der Waals surface area contributed by atoms with Gasteiger partial charge < -0.3 is 19.7 Å².